The molecule has 3 heteroatoms. The van der Waals surface area contributed by atoms with Gasteiger partial charge in [-0.25, -0.2) is 0 Å². The zero-order valence-electron chi connectivity index (χ0n) is 45.3. The van der Waals surface area contributed by atoms with Crippen molar-refractivity contribution in [3.63, 3.8) is 0 Å². The molecule has 387 valence electrons. The van der Waals surface area contributed by atoms with Crippen LogP contribution in [0.2, 0.25) is 0 Å². The molecule has 2 aromatic heterocycles. The van der Waals surface area contributed by atoms with E-state index in [2.05, 4.69) is 314 Å². The molecule has 0 N–H and O–H groups in total. The molecule has 0 saturated carbocycles. The Morgan fingerprint density at radius 1 is 0.253 bits per heavy atom. The van der Waals surface area contributed by atoms with Gasteiger partial charge in [0.05, 0.1) is 11.0 Å². The lowest BCUT2D eigenvalue weighted by molar-refractivity contribution is 0.670. The average Bonchev–Trinajstić information content (AvgIpc) is 2.57. The van der Waals surface area contributed by atoms with E-state index in [4.69, 9.17) is 4.42 Å². The Hall–Kier alpha value is -10.6. The largest absolute Gasteiger partial charge is 0.455 e. The molecule has 0 atom stereocenters. The summed E-state index contributed by atoms with van der Waals surface area (Å²) in [6.45, 7) is 0. The van der Waals surface area contributed by atoms with E-state index in [-0.39, 0.29) is 0 Å². The van der Waals surface area contributed by atoms with Gasteiger partial charge in [-0.1, -0.05) is 284 Å². The molecule has 0 fully saturated rings. The van der Waals surface area contributed by atoms with Crippen LogP contribution in [-0.2, 0) is 0 Å². The van der Waals surface area contributed by atoms with E-state index >= 15 is 0 Å². The minimum absolute atomic E-state index is 0.906. The molecule has 0 unspecified atom stereocenters. The first-order valence-corrected chi connectivity index (χ1v) is 30.7. The Balaban J connectivity index is 0.853. The van der Waals surface area contributed by atoms with Crippen molar-refractivity contribution in [1.29, 1.82) is 0 Å². The number of hydrogen-bond acceptors (Lipinski definition) is 1. The average molecular weight is 1070 g/mol. The molecule has 83 heavy (non-hydrogen) atoms. The van der Waals surface area contributed by atoms with Crippen LogP contribution < -0.4 is 20.7 Å². The Labute approximate surface area is 482 Å². The van der Waals surface area contributed by atoms with E-state index in [0.29, 0.717) is 0 Å². The number of furan rings is 1. The van der Waals surface area contributed by atoms with Gasteiger partial charge in [-0.2, -0.15) is 20.7 Å². The topological polar surface area (TPSA) is 18.1 Å². The fourth-order valence-corrected chi connectivity index (χ4v) is 19.3. The maximum absolute atomic E-state index is 6.71. The van der Waals surface area contributed by atoms with Gasteiger partial charge < -0.3 is 8.98 Å². The van der Waals surface area contributed by atoms with Crippen LogP contribution in [0, 0.1) is 0 Å². The van der Waals surface area contributed by atoms with Crippen LogP contribution >= 0.6 is 0 Å². The van der Waals surface area contributed by atoms with Crippen LogP contribution in [0.15, 0.2) is 314 Å². The Kier molecular flexibility index (Phi) is 10.7. The first-order chi connectivity index (χ1) is 41.1. The first-order valence-electron chi connectivity index (χ1n) is 28.7. The molecular formula is C80H51NOSi-. The number of fused-ring (bicyclic) bond motifs is 11. The van der Waals surface area contributed by atoms with Gasteiger partial charge in [-0.05, 0) is 116 Å². The number of hydrogen-bond donors (Lipinski definition) is 0. The fourth-order valence-electron chi connectivity index (χ4n) is 14.1. The maximum Gasteiger partial charge on any atom is 0.143 e. The van der Waals surface area contributed by atoms with E-state index < -0.39 is 8.07 Å². The number of rotatable bonds is 8. The Morgan fingerprint density at radius 3 is 1.28 bits per heavy atom. The van der Waals surface area contributed by atoms with E-state index in [9.17, 15) is 0 Å². The molecule has 0 saturated heterocycles. The van der Waals surface area contributed by atoms with E-state index in [1.54, 1.807) is 0 Å². The highest BCUT2D eigenvalue weighted by Crippen LogP contribution is 2.42. The molecule has 1 aliphatic rings. The minimum atomic E-state index is -3.01. The van der Waals surface area contributed by atoms with E-state index in [0.717, 1.165) is 38.8 Å². The monoisotopic (exact) mass is 1070 g/mol. The summed E-state index contributed by atoms with van der Waals surface area (Å²) in [6.07, 6.45) is 0. The Bertz CT molecular complexity index is 5020. The van der Waals surface area contributed by atoms with Crippen LogP contribution in [0.3, 0.4) is 0 Å². The molecular weight excluding hydrogens is 1020 g/mol. The molecule has 0 radical (unpaired) electrons. The van der Waals surface area contributed by atoms with E-state index in [1.807, 2.05) is 0 Å². The van der Waals surface area contributed by atoms with Gasteiger partial charge in [0.2, 0.25) is 0 Å². The van der Waals surface area contributed by atoms with Gasteiger partial charge in [0.1, 0.15) is 11.2 Å². The summed E-state index contributed by atoms with van der Waals surface area (Å²) in [5.74, 6) is 0. The number of nitrogens with zero attached hydrogens (tertiary/aromatic N) is 1. The van der Waals surface area contributed by atoms with Gasteiger partial charge >= 0.3 is 0 Å². The maximum atomic E-state index is 6.71. The summed E-state index contributed by atoms with van der Waals surface area (Å²) in [7, 11) is -3.01. The van der Waals surface area contributed by atoms with Crippen molar-refractivity contribution in [3.05, 3.63) is 309 Å². The predicted octanol–water partition coefficient (Wildman–Crippen LogP) is 18.7. The van der Waals surface area contributed by atoms with Crippen molar-refractivity contribution in [2.45, 2.75) is 0 Å². The molecule has 3 heterocycles. The third-order valence-corrected chi connectivity index (χ3v) is 22.8. The lowest BCUT2D eigenvalue weighted by Crippen LogP contribution is -2.72. The lowest BCUT2D eigenvalue weighted by Gasteiger charge is -2.44. The minimum Gasteiger partial charge on any atom is -0.455 e. The lowest BCUT2D eigenvalue weighted by atomic mass is 9.95. The number of para-hydroxylation sites is 2. The van der Waals surface area contributed by atoms with Gasteiger partial charge in [0.25, 0.3) is 0 Å². The zero-order chi connectivity index (χ0) is 54.6. The summed E-state index contributed by atoms with van der Waals surface area (Å²) < 4.78 is 9.23. The van der Waals surface area contributed by atoms with Crippen molar-refractivity contribution in [1.82, 2.24) is 4.57 Å². The van der Waals surface area contributed by atoms with Gasteiger partial charge in [0, 0.05) is 32.8 Å². The molecule has 2 nitrogen and oxygen atoms in total. The van der Waals surface area contributed by atoms with Crippen LogP contribution in [0.1, 0.15) is 0 Å². The van der Waals surface area contributed by atoms with E-state index in [1.165, 1.54) is 120 Å². The third kappa shape index (κ3) is 7.35. The van der Waals surface area contributed by atoms with Crippen LogP contribution in [-0.4, -0.2) is 12.6 Å². The number of aromatic nitrogens is 1. The molecule has 0 amide bonds. The normalized spacial score (nSPS) is 12.7. The van der Waals surface area contributed by atoms with Crippen molar-refractivity contribution in [2.24, 2.45) is 0 Å². The summed E-state index contributed by atoms with van der Waals surface area (Å²) >= 11 is 0. The summed E-state index contributed by atoms with van der Waals surface area (Å²) in [4.78, 5) is 0. The summed E-state index contributed by atoms with van der Waals surface area (Å²) in [5, 5.41) is 15.2. The standard InChI is InChI=1S/C80H51NOSi/c1-3-20-62(21-4-1)83(63-22-5-2-6-23-63)78-50-60(68-29-15-30-72-69-26-11-12-31-77(69)82-80(68)72)40-44-70(78)71-45-43-61(51-79(71)83)81-75-46-41-58(52-32-36-56(37-33-52)66-27-13-18-54-16-7-9-24-64(54)66)48-73(75)74-49-59(42-47-76(74)81)53-34-38-57(39-35-53)67-28-14-19-55-17-8-10-25-65(55)67/h1-51H/q-1. The van der Waals surface area contributed by atoms with Crippen LogP contribution in [0.5, 0.6) is 0 Å². The quantitative estimate of drug-likeness (QED) is 0.139. The molecule has 1 aliphatic heterocycles. The van der Waals surface area contributed by atoms with Gasteiger partial charge in [0.15, 0.2) is 0 Å². The predicted molar refractivity (Wildman–Crippen MR) is 353 cm³/mol. The van der Waals surface area contributed by atoms with Crippen LogP contribution in [0.4, 0.5) is 0 Å². The SMILES string of the molecule is c1ccc([Si-]2(c3ccccc3)c3cc(-c4cccc5c4oc4ccccc45)ccc3-c3ccc(-n4c5ccc(-c6ccc(-c7cccc8ccccc78)cc6)cc5c5cc(-c6ccc(-c7cccc8ccccc78)cc6)ccc54)cc32)cc1. The third-order valence-electron chi connectivity index (χ3n) is 17.9. The van der Waals surface area contributed by atoms with Crippen LogP contribution in [0.25, 0.3) is 138 Å². The highest BCUT2D eigenvalue weighted by molar-refractivity contribution is 7.22. The highest BCUT2D eigenvalue weighted by Gasteiger charge is 2.37. The van der Waals surface area contributed by atoms with Crippen molar-refractivity contribution < 1.29 is 4.42 Å². The van der Waals surface area contributed by atoms with Gasteiger partial charge in [-0.3, -0.25) is 0 Å². The molecule has 16 aromatic rings. The van der Waals surface area contributed by atoms with Crippen molar-refractivity contribution >= 4 is 94.1 Å². The molecule has 0 aliphatic carbocycles. The number of benzene rings is 14. The second-order valence-electron chi connectivity index (χ2n) is 22.3. The second-order valence-corrected chi connectivity index (χ2v) is 26.0. The summed E-state index contributed by atoms with van der Waals surface area (Å²) in [6, 6.07) is 115. The molecule has 17 rings (SSSR count). The van der Waals surface area contributed by atoms with Crippen molar-refractivity contribution in [2.75, 3.05) is 0 Å². The molecule has 0 spiro atoms. The first kappa shape index (κ1) is 47.2. The van der Waals surface area contributed by atoms with Gasteiger partial charge in [-0.15, -0.1) is 0 Å². The zero-order valence-corrected chi connectivity index (χ0v) is 46.3. The highest BCUT2D eigenvalue weighted by atomic mass is 28.3. The van der Waals surface area contributed by atoms with Crippen molar-refractivity contribution in [3.8, 4) is 72.4 Å². The summed E-state index contributed by atoms with van der Waals surface area (Å²) in [5.41, 5.74) is 19.8. The second kappa shape index (κ2) is 18.8. The molecule has 0 bridgehead atoms. The Morgan fingerprint density at radius 2 is 0.687 bits per heavy atom. The smallest absolute Gasteiger partial charge is 0.143 e. The molecule has 14 aromatic carbocycles. The fraction of sp³-hybridized carbons (Fsp3) is 0.